The third-order valence-electron chi connectivity index (χ3n) is 6.33. The van der Waals surface area contributed by atoms with Crippen LogP contribution in [0.1, 0.15) is 23.2 Å². The van der Waals surface area contributed by atoms with Gasteiger partial charge in [-0.15, -0.1) is 0 Å². The van der Waals surface area contributed by atoms with Crippen molar-refractivity contribution in [1.82, 2.24) is 4.98 Å². The van der Waals surface area contributed by atoms with Gasteiger partial charge in [-0.2, -0.15) is 0 Å². The molecule has 0 amide bonds. The standard InChI is InChI=1S/C25H25N3O4/c1-28(18-3-5-23-16(12-18)7-10-31-23)19-2-4-20-17(8-11-32-24(20)13-19)14-27-22-15-26-9-6-21(22)25(29)30/h2-7,9-10,12,15,17,19,27H,8,11,13-14H2,1H3,(H,29,30)/t17-,19?/m0/s1. The number of anilines is 2. The molecule has 7 heteroatoms. The highest BCUT2D eigenvalue weighted by atomic mass is 16.5. The lowest BCUT2D eigenvalue weighted by Gasteiger charge is -2.36. The minimum Gasteiger partial charge on any atom is -0.498 e. The number of nitrogens with zero attached hydrogens (tertiary/aromatic N) is 2. The predicted molar refractivity (Wildman–Crippen MR) is 123 cm³/mol. The average Bonchev–Trinajstić information content (AvgIpc) is 3.30. The van der Waals surface area contributed by atoms with Gasteiger partial charge in [-0.25, -0.2) is 4.79 Å². The van der Waals surface area contributed by atoms with Gasteiger partial charge in [0.25, 0.3) is 0 Å². The number of furan rings is 1. The zero-order chi connectivity index (χ0) is 22.1. The van der Waals surface area contributed by atoms with Crippen LogP contribution in [0.5, 0.6) is 0 Å². The molecular formula is C25H25N3O4. The molecule has 3 heterocycles. The second-order valence-electron chi connectivity index (χ2n) is 8.20. The molecule has 7 nitrogen and oxygen atoms in total. The fourth-order valence-corrected chi connectivity index (χ4v) is 4.47. The number of allylic oxidation sites excluding steroid dienone is 1. The van der Waals surface area contributed by atoms with Gasteiger partial charge in [0.15, 0.2) is 0 Å². The molecule has 3 aromatic rings. The van der Waals surface area contributed by atoms with Gasteiger partial charge in [-0.05, 0) is 42.3 Å². The van der Waals surface area contributed by atoms with Gasteiger partial charge in [0, 0.05) is 43.2 Å². The lowest BCUT2D eigenvalue weighted by molar-refractivity contribution is 0.0697. The minimum atomic E-state index is -0.959. The van der Waals surface area contributed by atoms with Gasteiger partial charge in [0.05, 0.1) is 36.4 Å². The molecule has 2 aliphatic rings. The zero-order valence-electron chi connectivity index (χ0n) is 17.8. The van der Waals surface area contributed by atoms with Gasteiger partial charge in [0.2, 0.25) is 0 Å². The van der Waals surface area contributed by atoms with Gasteiger partial charge < -0.3 is 24.5 Å². The Hall–Kier alpha value is -3.74. The Kier molecular flexibility index (Phi) is 5.31. The lowest BCUT2D eigenvalue weighted by Crippen LogP contribution is -2.34. The molecule has 164 valence electrons. The summed E-state index contributed by atoms with van der Waals surface area (Å²) in [6.07, 6.45) is 10.9. The summed E-state index contributed by atoms with van der Waals surface area (Å²) >= 11 is 0. The van der Waals surface area contributed by atoms with E-state index >= 15 is 0 Å². The number of carboxylic acid groups (broad SMARTS) is 1. The molecule has 5 rings (SSSR count). The van der Waals surface area contributed by atoms with Crippen LogP contribution in [0.3, 0.4) is 0 Å². The predicted octanol–water partition coefficient (Wildman–Crippen LogP) is 4.69. The first-order valence-electron chi connectivity index (χ1n) is 10.8. The number of ether oxygens (including phenoxy) is 1. The lowest BCUT2D eigenvalue weighted by atomic mass is 9.86. The number of benzene rings is 1. The first-order valence-corrected chi connectivity index (χ1v) is 10.8. The number of aromatic carboxylic acids is 1. The van der Waals surface area contributed by atoms with E-state index in [1.165, 1.54) is 17.8 Å². The van der Waals surface area contributed by atoms with Crippen molar-refractivity contribution in [1.29, 1.82) is 0 Å². The first-order chi connectivity index (χ1) is 15.6. The molecule has 0 radical (unpaired) electrons. The fourth-order valence-electron chi connectivity index (χ4n) is 4.47. The summed E-state index contributed by atoms with van der Waals surface area (Å²) in [6, 6.07) is 9.90. The Labute approximate surface area is 186 Å². The minimum absolute atomic E-state index is 0.196. The number of fused-ring (bicyclic) bond motifs is 1. The second-order valence-corrected chi connectivity index (χ2v) is 8.20. The van der Waals surface area contributed by atoms with E-state index in [4.69, 9.17) is 9.15 Å². The van der Waals surface area contributed by atoms with Gasteiger partial charge in [-0.3, -0.25) is 4.98 Å². The van der Waals surface area contributed by atoms with Crippen molar-refractivity contribution in [3.8, 4) is 0 Å². The topological polar surface area (TPSA) is 87.8 Å². The van der Waals surface area contributed by atoms with Crippen LogP contribution in [-0.2, 0) is 4.74 Å². The summed E-state index contributed by atoms with van der Waals surface area (Å²) in [7, 11) is 2.10. The Balaban J connectivity index is 1.29. The normalized spacial score (nSPS) is 20.0. The number of hydrogen-bond donors (Lipinski definition) is 2. The summed E-state index contributed by atoms with van der Waals surface area (Å²) in [5.74, 6) is 0.320. The van der Waals surface area contributed by atoms with E-state index in [0.29, 0.717) is 18.8 Å². The van der Waals surface area contributed by atoms with Crippen molar-refractivity contribution in [2.24, 2.45) is 5.92 Å². The van der Waals surface area contributed by atoms with Crippen molar-refractivity contribution < 1.29 is 19.1 Å². The molecule has 2 atom stereocenters. The Morgan fingerprint density at radius 1 is 1.31 bits per heavy atom. The number of carboxylic acids is 1. The molecule has 0 saturated carbocycles. The van der Waals surface area contributed by atoms with E-state index in [0.717, 1.165) is 35.3 Å². The molecular weight excluding hydrogens is 406 g/mol. The van der Waals surface area contributed by atoms with E-state index < -0.39 is 5.97 Å². The third-order valence-corrected chi connectivity index (χ3v) is 6.33. The largest absolute Gasteiger partial charge is 0.498 e. The maximum absolute atomic E-state index is 11.5. The van der Waals surface area contributed by atoms with Gasteiger partial charge in [0.1, 0.15) is 11.3 Å². The maximum Gasteiger partial charge on any atom is 0.337 e. The van der Waals surface area contributed by atoms with Crippen LogP contribution in [-0.4, -0.2) is 42.3 Å². The monoisotopic (exact) mass is 431 g/mol. The number of nitrogens with one attached hydrogen (secondary N) is 1. The highest BCUT2D eigenvalue weighted by molar-refractivity contribution is 5.93. The van der Waals surface area contributed by atoms with E-state index in [9.17, 15) is 9.90 Å². The molecule has 0 fully saturated rings. The van der Waals surface area contributed by atoms with Crippen molar-refractivity contribution in [3.63, 3.8) is 0 Å². The molecule has 32 heavy (non-hydrogen) atoms. The third kappa shape index (κ3) is 3.82. The fraction of sp³-hybridized carbons (Fsp3) is 0.280. The van der Waals surface area contributed by atoms with Crippen LogP contribution < -0.4 is 10.2 Å². The van der Waals surface area contributed by atoms with Crippen molar-refractivity contribution in [3.05, 3.63) is 78.0 Å². The second kappa shape index (κ2) is 8.42. The molecule has 1 aromatic carbocycles. The number of pyridine rings is 1. The highest BCUT2D eigenvalue weighted by Crippen LogP contribution is 2.35. The van der Waals surface area contributed by atoms with Crippen LogP contribution in [0.2, 0.25) is 0 Å². The Morgan fingerprint density at radius 3 is 3.09 bits per heavy atom. The summed E-state index contributed by atoms with van der Waals surface area (Å²) in [4.78, 5) is 17.8. The maximum atomic E-state index is 11.5. The molecule has 0 bridgehead atoms. The highest BCUT2D eigenvalue weighted by Gasteiger charge is 2.29. The molecule has 0 saturated heterocycles. The van der Waals surface area contributed by atoms with Crippen molar-refractivity contribution >= 4 is 28.3 Å². The number of rotatable bonds is 6. The van der Waals surface area contributed by atoms with E-state index in [-0.39, 0.29) is 17.5 Å². The first kappa shape index (κ1) is 20.2. The smallest absolute Gasteiger partial charge is 0.337 e. The van der Waals surface area contributed by atoms with Gasteiger partial charge in [-0.1, -0.05) is 12.2 Å². The number of hydrogen-bond acceptors (Lipinski definition) is 6. The van der Waals surface area contributed by atoms with E-state index in [2.05, 4.69) is 46.5 Å². The molecule has 1 aliphatic heterocycles. The Morgan fingerprint density at radius 2 is 2.22 bits per heavy atom. The van der Waals surface area contributed by atoms with Crippen molar-refractivity contribution in [2.75, 3.05) is 30.4 Å². The summed E-state index contributed by atoms with van der Waals surface area (Å²) in [6.45, 7) is 1.30. The van der Waals surface area contributed by atoms with Crippen LogP contribution in [0.15, 0.2) is 76.9 Å². The van der Waals surface area contributed by atoms with E-state index in [1.807, 2.05) is 12.1 Å². The molecule has 2 aromatic heterocycles. The molecule has 1 unspecified atom stereocenters. The average molecular weight is 431 g/mol. The number of aromatic nitrogens is 1. The molecule has 0 spiro atoms. The number of likely N-dealkylation sites (N-methyl/N-ethyl adjacent to an activating group) is 1. The van der Waals surface area contributed by atoms with E-state index in [1.54, 1.807) is 12.5 Å². The summed E-state index contributed by atoms with van der Waals surface area (Å²) in [5.41, 5.74) is 3.98. The van der Waals surface area contributed by atoms with Crippen LogP contribution in [0, 0.1) is 5.92 Å². The zero-order valence-corrected chi connectivity index (χ0v) is 17.8. The van der Waals surface area contributed by atoms with Crippen LogP contribution >= 0.6 is 0 Å². The quantitative estimate of drug-likeness (QED) is 0.585. The van der Waals surface area contributed by atoms with Crippen LogP contribution in [0.4, 0.5) is 11.4 Å². The van der Waals surface area contributed by atoms with Crippen molar-refractivity contribution in [2.45, 2.75) is 18.9 Å². The van der Waals surface area contributed by atoms with Crippen LogP contribution in [0.25, 0.3) is 11.0 Å². The summed E-state index contributed by atoms with van der Waals surface area (Å²) in [5, 5.41) is 13.8. The molecule has 2 N–H and O–H groups in total. The van der Waals surface area contributed by atoms with Gasteiger partial charge >= 0.3 is 5.97 Å². The Bertz CT molecular complexity index is 1210. The number of carbonyl (C=O) groups is 1. The molecule has 1 aliphatic carbocycles. The SMILES string of the molecule is CN(c1ccc2occc2c1)C1C=CC2=C(C1)OCC[C@H]2CNc1cnccc1C(=O)O. The summed E-state index contributed by atoms with van der Waals surface area (Å²) < 4.78 is 11.5.